The Bertz CT molecular complexity index is 856. The van der Waals surface area contributed by atoms with Crippen LogP contribution < -0.4 is 4.90 Å². The highest BCUT2D eigenvalue weighted by atomic mass is 19.2. The van der Waals surface area contributed by atoms with Gasteiger partial charge in [0.25, 0.3) is 0 Å². The topological polar surface area (TPSA) is 92.6 Å². The molecule has 0 saturated carbocycles. The number of carbonyl (C=O) groups is 1. The van der Waals surface area contributed by atoms with E-state index in [1.807, 2.05) is 0 Å². The smallest absolute Gasteiger partial charge is 0.413 e. The summed E-state index contributed by atoms with van der Waals surface area (Å²) < 4.78 is 49.0. The number of hydrogen-bond donors (Lipinski definition) is 1. The van der Waals surface area contributed by atoms with Gasteiger partial charge >= 0.3 is 6.09 Å². The maximum atomic E-state index is 13.3. The third kappa shape index (κ3) is 2.93. The van der Waals surface area contributed by atoms with Crippen LogP contribution in [-0.2, 0) is 6.54 Å². The molecule has 1 N–H and O–H groups in total. The van der Waals surface area contributed by atoms with Gasteiger partial charge in [0.2, 0.25) is 0 Å². The van der Waals surface area contributed by atoms with Crippen LogP contribution in [0, 0.1) is 17.5 Å². The minimum Gasteiger partial charge on any atom is -0.465 e. The largest absolute Gasteiger partial charge is 0.465 e. The molecule has 0 unspecified atom stereocenters. The summed E-state index contributed by atoms with van der Waals surface area (Å²) in [6.45, 7) is -0.263. The molecule has 7 nitrogen and oxygen atoms in total. The number of aromatic nitrogens is 2. The standard InChI is InChI=1S/C14H8F3N3O4/c15-9-3-7(4-10(16)13(9)17)11-5-8(24-18-11)6-20(14(21)22)12-1-2-23-19-12/h1-5H,6H2,(H,21,22). The molecule has 0 bridgehead atoms. The zero-order valence-corrected chi connectivity index (χ0v) is 11.7. The Kier molecular flexibility index (Phi) is 3.94. The lowest BCUT2D eigenvalue weighted by atomic mass is 10.1. The number of benzene rings is 1. The maximum Gasteiger partial charge on any atom is 0.413 e. The van der Waals surface area contributed by atoms with Crippen LogP contribution >= 0.6 is 0 Å². The molecule has 0 radical (unpaired) electrons. The average Bonchev–Trinajstić information content (AvgIpc) is 3.20. The summed E-state index contributed by atoms with van der Waals surface area (Å²) in [6.07, 6.45) is -0.123. The van der Waals surface area contributed by atoms with Crippen LogP contribution in [0.4, 0.5) is 23.8 Å². The molecule has 1 aromatic carbocycles. The van der Waals surface area contributed by atoms with Crippen LogP contribution in [0.1, 0.15) is 5.76 Å². The molecule has 2 aromatic heterocycles. The van der Waals surface area contributed by atoms with E-state index in [0.29, 0.717) is 0 Å². The molecule has 2 heterocycles. The molecule has 0 aliphatic heterocycles. The fourth-order valence-corrected chi connectivity index (χ4v) is 1.97. The maximum absolute atomic E-state index is 13.3. The highest BCUT2D eigenvalue weighted by Gasteiger charge is 2.21. The number of nitrogens with zero attached hydrogens (tertiary/aromatic N) is 3. The van der Waals surface area contributed by atoms with E-state index in [-0.39, 0.29) is 29.4 Å². The molecule has 3 rings (SSSR count). The number of anilines is 1. The predicted octanol–water partition coefficient (Wildman–Crippen LogP) is 3.43. The van der Waals surface area contributed by atoms with Crippen molar-refractivity contribution < 1.29 is 32.1 Å². The van der Waals surface area contributed by atoms with Crippen molar-refractivity contribution in [2.75, 3.05) is 4.90 Å². The van der Waals surface area contributed by atoms with Crippen molar-refractivity contribution >= 4 is 11.9 Å². The molecule has 0 atom stereocenters. The molecule has 0 spiro atoms. The van der Waals surface area contributed by atoms with E-state index < -0.39 is 23.5 Å². The molecule has 3 aromatic rings. The first-order valence-electron chi connectivity index (χ1n) is 6.47. The Morgan fingerprint density at radius 3 is 2.46 bits per heavy atom. The van der Waals surface area contributed by atoms with Crippen molar-refractivity contribution in [1.29, 1.82) is 0 Å². The Balaban J connectivity index is 1.87. The van der Waals surface area contributed by atoms with E-state index >= 15 is 0 Å². The van der Waals surface area contributed by atoms with E-state index in [2.05, 4.69) is 14.8 Å². The monoisotopic (exact) mass is 339 g/mol. The van der Waals surface area contributed by atoms with Gasteiger partial charge in [0.1, 0.15) is 12.0 Å². The summed E-state index contributed by atoms with van der Waals surface area (Å²) in [5, 5.41) is 16.3. The van der Waals surface area contributed by atoms with E-state index in [9.17, 15) is 23.1 Å². The van der Waals surface area contributed by atoms with Gasteiger partial charge in [-0.15, -0.1) is 0 Å². The second kappa shape index (κ2) is 6.07. The summed E-state index contributed by atoms with van der Waals surface area (Å²) in [5.74, 6) is -4.22. The predicted molar refractivity (Wildman–Crippen MR) is 72.5 cm³/mol. The molecular formula is C14H8F3N3O4. The molecule has 10 heteroatoms. The second-order valence-electron chi connectivity index (χ2n) is 4.66. The molecule has 124 valence electrons. The molecule has 24 heavy (non-hydrogen) atoms. The van der Waals surface area contributed by atoms with Gasteiger partial charge in [-0.2, -0.15) is 0 Å². The van der Waals surface area contributed by atoms with Gasteiger partial charge in [0.15, 0.2) is 29.0 Å². The van der Waals surface area contributed by atoms with E-state index in [1.54, 1.807) is 0 Å². The fourth-order valence-electron chi connectivity index (χ4n) is 1.97. The van der Waals surface area contributed by atoms with Crippen LogP contribution in [0.3, 0.4) is 0 Å². The van der Waals surface area contributed by atoms with Crippen molar-refractivity contribution in [2.24, 2.45) is 0 Å². The van der Waals surface area contributed by atoms with Crippen LogP contribution in [0.15, 0.2) is 39.6 Å². The number of halogens is 3. The molecule has 1 amide bonds. The molecular weight excluding hydrogens is 331 g/mol. The van der Waals surface area contributed by atoms with Crippen LogP contribution in [0.25, 0.3) is 11.3 Å². The van der Waals surface area contributed by atoms with Crippen molar-refractivity contribution in [2.45, 2.75) is 6.54 Å². The summed E-state index contributed by atoms with van der Waals surface area (Å²) in [4.78, 5) is 12.1. The molecule has 0 saturated heterocycles. The minimum atomic E-state index is -1.59. The first-order valence-corrected chi connectivity index (χ1v) is 6.47. The van der Waals surface area contributed by atoms with Gasteiger partial charge in [0.05, 0.1) is 6.54 Å². The average molecular weight is 339 g/mol. The summed E-state index contributed by atoms with van der Waals surface area (Å²) in [6, 6.07) is 4.12. The number of rotatable bonds is 4. The first kappa shape index (κ1) is 15.6. The van der Waals surface area contributed by atoms with Crippen molar-refractivity contribution in [3.05, 3.63) is 53.7 Å². The zero-order valence-electron chi connectivity index (χ0n) is 11.7. The molecule has 0 fully saturated rings. The van der Waals surface area contributed by atoms with E-state index in [1.165, 1.54) is 18.4 Å². The van der Waals surface area contributed by atoms with Gasteiger partial charge in [-0.25, -0.2) is 18.0 Å². The third-order valence-electron chi connectivity index (χ3n) is 3.08. The lowest BCUT2D eigenvalue weighted by Crippen LogP contribution is -2.28. The number of amides is 1. The highest BCUT2D eigenvalue weighted by molar-refractivity contribution is 5.84. The molecule has 0 aliphatic rings. The summed E-state index contributed by atoms with van der Waals surface area (Å²) in [7, 11) is 0. The normalized spacial score (nSPS) is 10.8. The Morgan fingerprint density at radius 2 is 1.88 bits per heavy atom. The van der Waals surface area contributed by atoms with Gasteiger partial charge in [-0.05, 0) is 12.1 Å². The lowest BCUT2D eigenvalue weighted by molar-refractivity contribution is 0.200. The van der Waals surface area contributed by atoms with Crippen LogP contribution in [0.2, 0.25) is 0 Å². The van der Waals surface area contributed by atoms with Gasteiger partial charge < -0.3 is 14.2 Å². The lowest BCUT2D eigenvalue weighted by Gasteiger charge is -2.12. The van der Waals surface area contributed by atoms with Crippen molar-refractivity contribution in [3.8, 4) is 11.3 Å². The first-order chi connectivity index (χ1) is 11.5. The van der Waals surface area contributed by atoms with Gasteiger partial charge in [0, 0.05) is 17.7 Å². The number of carboxylic acid groups (broad SMARTS) is 1. The minimum absolute atomic E-state index is 0.0216. The Morgan fingerprint density at radius 1 is 1.17 bits per heavy atom. The zero-order chi connectivity index (χ0) is 17.3. The highest BCUT2D eigenvalue weighted by Crippen LogP contribution is 2.24. The van der Waals surface area contributed by atoms with Crippen LogP contribution in [-0.4, -0.2) is 21.5 Å². The van der Waals surface area contributed by atoms with Gasteiger partial charge in [-0.1, -0.05) is 10.3 Å². The van der Waals surface area contributed by atoms with Gasteiger partial charge in [-0.3, -0.25) is 4.90 Å². The quantitative estimate of drug-likeness (QED) is 0.732. The fraction of sp³-hybridized carbons (Fsp3) is 0.0714. The third-order valence-corrected chi connectivity index (χ3v) is 3.08. The summed E-state index contributed by atoms with van der Waals surface area (Å²) in [5.41, 5.74) is -0.0296. The van der Waals surface area contributed by atoms with Crippen LogP contribution in [0.5, 0.6) is 0 Å². The van der Waals surface area contributed by atoms with Crippen molar-refractivity contribution in [1.82, 2.24) is 10.3 Å². The van der Waals surface area contributed by atoms with Crippen molar-refractivity contribution in [3.63, 3.8) is 0 Å². The second-order valence-corrected chi connectivity index (χ2v) is 4.66. The SMILES string of the molecule is O=C(O)N(Cc1cc(-c2cc(F)c(F)c(F)c2)no1)c1ccon1. The number of hydrogen-bond acceptors (Lipinski definition) is 5. The summed E-state index contributed by atoms with van der Waals surface area (Å²) >= 11 is 0. The van der Waals surface area contributed by atoms with E-state index in [4.69, 9.17) is 4.52 Å². The van der Waals surface area contributed by atoms with E-state index in [0.717, 1.165) is 17.0 Å². The molecule has 0 aliphatic carbocycles. The Labute approximate surface area is 131 Å². The Hall–Kier alpha value is -3.30.